The van der Waals surface area contributed by atoms with Crippen molar-refractivity contribution in [3.05, 3.63) is 41.8 Å². The Balaban J connectivity index is 1.64. The Morgan fingerprint density at radius 1 is 1.32 bits per heavy atom. The fraction of sp³-hybridized carbons (Fsp3) is 0.308. The van der Waals surface area contributed by atoms with Crippen molar-refractivity contribution < 1.29 is 14.3 Å². The van der Waals surface area contributed by atoms with Crippen molar-refractivity contribution in [2.45, 2.75) is 23.5 Å². The number of rotatable bonds is 5. The summed E-state index contributed by atoms with van der Waals surface area (Å²) in [7, 11) is 0. The number of benzene rings is 1. The van der Waals surface area contributed by atoms with Crippen LogP contribution in [0, 0.1) is 0 Å². The van der Waals surface area contributed by atoms with E-state index in [2.05, 4.69) is 22.3 Å². The molecule has 98 valence electrons. The zero-order valence-corrected chi connectivity index (χ0v) is 10.8. The van der Waals surface area contributed by atoms with E-state index in [1.165, 1.54) is 5.56 Å². The zero-order chi connectivity index (χ0) is 13.2. The summed E-state index contributed by atoms with van der Waals surface area (Å²) in [5.74, 6) is 0.377. The fourth-order valence-corrected chi connectivity index (χ4v) is 2.58. The van der Waals surface area contributed by atoms with Gasteiger partial charge in [-0.3, -0.25) is 4.79 Å². The highest BCUT2D eigenvalue weighted by Gasteiger charge is 2.43. The van der Waals surface area contributed by atoms with Crippen LogP contribution in [0.15, 0.2) is 40.0 Å². The van der Waals surface area contributed by atoms with Gasteiger partial charge >= 0.3 is 5.97 Å². The predicted octanol–water partition coefficient (Wildman–Crippen LogP) is 2.52. The number of aromatic nitrogens is 2. The third kappa shape index (κ3) is 2.78. The van der Waals surface area contributed by atoms with Crippen LogP contribution >= 0.6 is 11.8 Å². The van der Waals surface area contributed by atoms with Crippen molar-refractivity contribution in [2.75, 3.05) is 5.75 Å². The molecule has 1 aromatic carbocycles. The maximum absolute atomic E-state index is 10.5. The largest absolute Gasteiger partial charge is 0.481 e. The second-order valence-electron chi connectivity index (χ2n) is 4.45. The van der Waals surface area contributed by atoms with Gasteiger partial charge in [-0.05, 0) is 17.9 Å². The van der Waals surface area contributed by atoms with E-state index in [1.807, 2.05) is 18.2 Å². The minimum absolute atomic E-state index is 0.0611. The van der Waals surface area contributed by atoms with Crippen LogP contribution < -0.4 is 0 Å². The second kappa shape index (κ2) is 5.05. The molecule has 0 amide bonds. The molecule has 1 fully saturated rings. The summed E-state index contributed by atoms with van der Waals surface area (Å²) < 4.78 is 5.49. The van der Waals surface area contributed by atoms with E-state index in [0.717, 1.165) is 18.2 Å². The third-order valence-electron chi connectivity index (χ3n) is 3.08. The standard InChI is InChI=1S/C13H12N2O3S/c16-11(17)7-19-13-15-14-12(18-13)10-6-9(10)8-4-2-1-3-5-8/h1-5,9-10H,6-7H2,(H,16,17). The number of carboxylic acids is 1. The molecule has 0 spiro atoms. The Bertz CT molecular complexity index is 585. The van der Waals surface area contributed by atoms with Crippen molar-refractivity contribution >= 4 is 17.7 Å². The molecule has 1 aliphatic carbocycles. The van der Waals surface area contributed by atoms with Crippen molar-refractivity contribution in [3.63, 3.8) is 0 Å². The second-order valence-corrected chi connectivity index (χ2v) is 5.37. The maximum Gasteiger partial charge on any atom is 0.314 e. The highest BCUT2D eigenvalue weighted by atomic mass is 32.2. The third-order valence-corrected chi connectivity index (χ3v) is 3.88. The molecular weight excluding hydrogens is 264 g/mol. The van der Waals surface area contributed by atoms with E-state index < -0.39 is 5.97 Å². The lowest BCUT2D eigenvalue weighted by atomic mass is 10.1. The molecule has 1 heterocycles. The molecule has 2 atom stereocenters. The molecule has 5 nitrogen and oxygen atoms in total. The number of carboxylic acid groups (broad SMARTS) is 1. The molecule has 3 rings (SSSR count). The molecule has 0 radical (unpaired) electrons. The monoisotopic (exact) mass is 276 g/mol. The van der Waals surface area contributed by atoms with Gasteiger partial charge in [0.05, 0.1) is 0 Å². The molecular formula is C13H12N2O3S. The smallest absolute Gasteiger partial charge is 0.314 e. The first-order valence-electron chi connectivity index (χ1n) is 5.97. The topological polar surface area (TPSA) is 76.2 Å². The van der Waals surface area contributed by atoms with Gasteiger partial charge in [-0.15, -0.1) is 10.2 Å². The predicted molar refractivity (Wildman–Crippen MR) is 69.2 cm³/mol. The van der Waals surface area contributed by atoms with Gasteiger partial charge in [0.1, 0.15) is 5.75 Å². The zero-order valence-electron chi connectivity index (χ0n) is 10.0. The molecule has 19 heavy (non-hydrogen) atoms. The van der Waals surface area contributed by atoms with E-state index in [9.17, 15) is 4.79 Å². The van der Waals surface area contributed by atoms with E-state index in [0.29, 0.717) is 17.0 Å². The number of carbonyl (C=O) groups is 1. The Morgan fingerprint density at radius 3 is 2.84 bits per heavy atom. The van der Waals surface area contributed by atoms with Gasteiger partial charge in [-0.25, -0.2) is 0 Å². The lowest BCUT2D eigenvalue weighted by molar-refractivity contribution is -0.133. The molecule has 0 aliphatic heterocycles. The van der Waals surface area contributed by atoms with Crippen LogP contribution in [-0.2, 0) is 4.79 Å². The molecule has 1 saturated carbocycles. The molecule has 1 aliphatic rings. The summed E-state index contributed by atoms with van der Waals surface area (Å²) in [5.41, 5.74) is 1.28. The van der Waals surface area contributed by atoms with Crippen molar-refractivity contribution in [3.8, 4) is 0 Å². The summed E-state index contributed by atoms with van der Waals surface area (Å²) in [4.78, 5) is 10.5. The van der Waals surface area contributed by atoms with Crippen LogP contribution in [0.2, 0.25) is 0 Å². The number of nitrogens with zero attached hydrogens (tertiary/aromatic N) is 2. The Kier molecular flexibility index (Phi) is 3.25. The molecule has 2 aromatic rings. The number of aliphatic carboxylic acids is 1. The summed E-state index contributed by atoms with van der Waals surface area (Å²) >= 11 is 1.05. The molecule has 2 unspecified atom stereocenters. The van der Waals surface area contributed by atoms with E-state index >= 15 is 0 Å². The van der Waals surface area contributed by atoms with Gasteiger partial charge in [0.2, 0.25) is 5.89 Å². The summed E-state index contributed by atoms with van der Waals surface area (Å²) in [5, 5.41) is 16.8. The average molecular weight is 276 g/mol. The average Bonchev–Trinajstić information content (AvgIpc) is 3.09. The highest BCUT2D eigenvalue weighted by molar-refractivity contribution is 7.99. The maximum atomic E-state index is 10.5. The van der Waals surface area contributed by atoms with Gasteiger partial charge < -0.3 is 9.52 Å². The van der Waals surface area contributed by atoms with Crippen LogP contribution in [0.5, 0.6) is 0 Å². The first-order valence-corrected chi connectivity index (χ1v) is 6.95. The Morgan fingerprint density at radius 2 is 2.11 bits per heavy atom. The van der Waals surface area contributed by atoms with Crippen molar-refractivity contribution in [1.29, 1.82) is 0 Å². The van der Waals surface area contributed by atoms with Crippen LogP contribution in [0.1, 0.15) is 29.7 Å². The Labute approximate surface area is 114 Å². The number of hydrogen-bond donors (Lipinski definition) is 1. The van der Waals surface area contributed by atoms with Crippen LogP contribution in [0.4, 0.5) is 0 Å². The Hall–Kier alpha value is -1.82. The van der Waals surface area contributed by atoms with E-state index in [4.69, 9.17) is 9.52 Å². The van der Waals surface area contributed by atoms with E-state index in [1.54, 1.807) is 0 Å². The number of thioether (sulfide) groups is 1. The first kappa shape index (κ1) is 12.2. The molecule has 0 saturated heterocycles. The van der Waals surface area contributed by atoms with Crippen molar-refractivity contribution in [2.24, 2.45) is 0 Å². The van der Waals surface area contributed by atoms with Gasteiger partial charge in [0.15, 0.2) is 0 Å². The normalized spacial score (nSPS) is 21.3. The van der Waals surface area contributed by atoms with Crippen LogP contribution in [0.25, 0.3) is 0 Å². The highest BCUT2D eigenvalue weighted by Crippen LogP contribution is 2.54. The first-order chi connectivity index (χ1) is 9.24. The molecule has 6 heteroatoms. The lowest BCUT2D eigenvalue weighted by Crippen LogP contribution is -1.97. The van der Waals surface area contributed by atoms with E-state index in [-0.39, 0.29) is 11.7 Å². The number of hydrogen-bond acceptors (Lipinski definition) is 5. The van der Waals surface area contributed by atoms with Gasteiger partial charge in [0.25, 0.3) is 5.22 Å². The van der Waals surface area contributed by atoms with Crippen LogP contribution in [0.3, 0.4) is 0 Å². The minimum Gasteiger partial charge on any atom is -0.481 e. The van der Waals surface area contributed by atoms with Crippen molar-refractivity contribution in [1.82, 2.24) is 10.2 Å². The summed E-state index contributed by atoms with van der Waals surface area (Å²) in [6.45, 7) is 0. The quantitative estimate of drug-likeness (QED) is 0.846. The molecule has 1 aromatic heterocycles. The lowest BCUT2D eigenvalue weighted by Gasteiger charge is -1.96. The fourth-order valence-electron chi connectivity index (χ4n) is 2.09. The van der Waals surface area contributed by atoms with Gasteiger partial charge in [-0.2, -0.15) is 0 Å². The summed E-state index contributed by atoms with van der Waals surface area (Å²) in [6.07, 6.45) is 1.01. The molecule has 1 N–H and O–H groups in total. The SMILES string of the molecule is O=C(O)CSc1nnc(C2CC2c2ccccc2)o1. The van der Waals surface area contributed by atoms with Gasteiger partial charge in [-0.1, -0.05) is 42.1 Å². The molecule has 0 bridgehead atoms. The minimum atomic E-state index is -0.890. The summed E-state index contributed by atoms with van der Waals surface area (Å²) in [6, 6.07) is 10.2. The van der Waals surface area contributed by atoms with Crippen LogP contribution in [-0.4, -0.2) is 27.0 Å². The van der Waals surface area contributed by atoms with Gasteiger partial charge in [0, 0.05) is 5.92 Å².